The molecule has 5 rings (SSSR count). The number of pyridine rings is 1. The number of hydrogen-bond acceptors (Lipinski definition) is 4. The number of nitrogens with zero attached hydrogens (tertiary/aromatic N) is 4. The highest BCUT2D eigenvalue weighted by molar-refractivity contribution is 5.80. The summed E-state index contributed by atoms with van der Waals surface area (Å²) in [5, 5.41) is 0. The minimum Gasteiger partial charge on any atom is -0.481 e. The van der Waals surface area contributed by atoms with Crippen molar-refractivity contribution in [1.82, 2.24) is 18.9 Å². The summed E-state index contributed by atoms with van der Waals surface area (Å²) in [5.41, 5.74) is 3.28. The summed E-state index contributed by atoms with van der Waals surface area (Å²) >= 11 is 0. The summed E-state index contributed by atoms with van der Waals surface area (Å²) in [5.74, 6) is 0.329. The van der Waals surface area contributed by atoms with E-state index < -0.39 is 5.82 Å². The molecule has 0 atom stereocenters. The molecular weight excluding hydrogens is 407 g/mol. The van der Waals surface area contributed by atoms with Crippen LogP contribution in [0.2, 0.25) is 0 Å². The second-order valence-electron chi connectivity index (χ2n) is 7.57. The van der Waals surface area contributed by atoms with Gasteiger partial charge in [0, 0.05) is 12.6 Å². The summed E-state index contributed by atoms with van der Waals surface area (Å²) < 4.78 is 23.4. The highest BCUT2D eigenvalue weighted by Crippen LogP contribution is 2.27. The third-order valence-electron chi connectivity index (χ3n) is 5.62. The Bertz CT molecular complexity index is 1510. The van der Waals surface area contributed by atoms with E-state index in [1.54, 1.807) is 40.2 Å². The zero-order chi connectivity index (χ0) is 22.2. The largest absolute Gasteiger partial charge is 0.481 e. The number of imidazole rings is 1. The van der Waals surface area contributed by atoms with E-state index in [9.17, 15) is 9.18 Å². The smallest absolute Gasteiger partial charge is 0.277 e. The van der Waals surface area contributed by atoms with E-state index in [1.807, 2.05) is 36.4 Å². The van der Waals surface area contributed by atoms with Gasteiger partial charge in [0.1, 0.15) is 17.2 Å². The van der Waals surface area contributed by atoms with Crippen LogP contribution >= 0.6 is 0 Å². The van der Waals surface area contributed by atoms with Gasteiger partial charge in [-0.2, -0.15) is 4.98 Å². The number of fused-ring (bicyclic) bond motifs is 3. The monoisotopic (exact) mass is 428 g/mol. The second-order valence-corrected chi connectivity index (χ2v) is 7.57. The first-order chi connectivity index (χ1) is 15.6. The average Bonchev–Trinajstić information content (AvgIpc) is 3.17. The number of hydrogen-bond donors (Lipinski definition) is 0. The molecule has 0 amide bonds. The Labute approximate surface area is 183 Å². The molecule has 0 spiro atoms. The molecule has 0 N–H and O–H groups in total. The van der Waals surface area contributed by atoms with Gasteiger partial charge < -0.3 is 9.30 Å². The summed E-state index contributed by atoms with van der Waals surface area (Å²) in [6, 6.07) is 19.9. The molecule has 6 nitrogen and oxygen atoms in total. The van der Waals surface area contributed by atoms with Gasteiger partial charge >= 0.3 is 0 Å². The predicted octanol–water partition coefficient (Wildman–Crippen LogP) is 4.41. The third-order valence-corrected chi connectivity index (χ3v) is 5.62. The lowest BCUT2D eigenvalue weighted by Crippen LogP contribution is -2.25. The topological polar surface area (TPSA) is 61.4 Å². The lowest BCUT2D eigenvalue weighted by atomic mass is 10.1. The van der Waals surface area contributed by atoms with E-state index in [0.717, 1.165) is 5.56 Å². The van der Waals surface area contributed by atoms with Gasteiger partial charge in [0.25, 0.3) is 5.56 Å². The zero-order valence-electron chi connectivity index (χ0n) is 17.7. The molecule has 0 aliphatic carbocycles. The minimum absolute atomic E-state index is 0.187. The van der Waals surface area contributed by atoms with E-state index in [-0.39, 0.29) is 5.56 Å². The Kier molecular flexibility index (Phi) is 4.93. The summed E-state index contributed by atoms with van der Waals surface area (Å²) in [4.78, 5) is 22.8. The molecule has 2 aromatic carbocycles. The summed E-state index contributed by atoms with van der Waals surface area (Å²) in [6.45, 7) is 2.23. The van der Waals surface area contributed by atoms with E-state index in [4.69, 9.17) is 4.74 Å². The molecular formula is C25H21FN4O2. The van der Waals surface area contributed by atoms with Crippen LogP contribution in [0.4, 0.5) is 4.39 Å². The maximum Gasteiger partial charge on any atom is 0.277 e. The number of aryl methyl sites for hydroxylation is 3. The Morgan fingerprint density at radius 2 is 1.72 bits per heavy atom. The fraction of sp³-hybridized carbons (Fsp3) is 0.160. The summed E-state index contributed by atoms with van der Waals surface area (Å²) in [7, 11) is 1.54. The molecule has 3 aromatic heterocycles. The van der Waals surface area contributed by atoms with Gasteiger partial charge in [-0.25, -0.2) is 9.37 Å². The van der Waals surface area contributed by atoms with Crippen LogP contribution in [0.25, 0.3) is 28.1 Å². The molecule has 160 valence electrons. The van der Waals surface area contributed by atoms with Crippen molar-refractivity contribution < 1.29 is 9.13 Å². The summed E-state index contributed by atoms with van der Waals surface area (Å²) in [6.07, 6.45) is 0.686. The molecule has 5 aromatic rings. The molecule has 3 heterocycles. The maximum absolute atomic E-state index is 14.7. The molecule has 0 fully saturated rings. The first-order valence-corrected chi connectivity index (χ1v) is 10.3. The fourth-order valence-corrected chi connectivity index (χ4v) is 4.07. The fourth-order valence-electron chi connectivity index (χ4n) is 4.07. The molecule has 0 aliphatic heterocycles. The first kappa shape index (κ1) is 19.9. The standard InChI is InChI=1S/C25H21FN4O2/c1-16-22-25(31)29(15-14-17-8-4-3-5-9-17)20-12-13-21(32-2)28-24(20)30(22)23(27-16)18-10-6-7-11-19(18)26/h3-13H,14-15H2,1-2H3. The van der Waals surface area contributed by atoms with Crippen LogP contribution < -0.4 is 10.3 Å². The van der Waals surface area contributed by atoms with Gasteiger partial charge in [-0.05, 0) is 37.1 Å². The number of methoxy groups -OCH3 is 1. The van der Waals surface area contributed by atoms with Gasteiger partial charge in [-0.15, -0.1) is 0 Å². The zero-order valence-corrected chi connectivity index (χ0v) is 17.7. The van der Waals surface area contributed by atoms with Crippen LogP contribution in [0.5, 0.6) is 5.88 Å². The van der Waals surface area contributed by atoms with Crippen LogP contribution in [-0.4, -0.2) is 26.0 Å². The minimum atomic E-state index is -0.413. The highest BCUT2D eigenvalue weighted by atomic mass is 19.1. The lowest BCUT2D eigenvalue weighted by molar-refractivity contribution is 0.399. The first-order valence-electron chi connectivity index (χ1n) is 10.3. The molecule has 0 aliphatic rings. The molecule has 0 radical (unpaired) electrons. The van der Waals surface area contributed by atoms with Gasteiger partial charge in [-0.1, -0.05) is 42.5 Å². The van der Waals surface area contributed by atoms with Crippen LogP contribution in [0.1, 0.15) is 11.3 Å². The number of rotatable bonds is 5. The Hall–Kier alpha value is -4.00. The second kappa shape index (κ2) is 7.92. The Morgan fingerprint density at radius 3 is 2.47 bits per heavy atom. The normalized spacial score (nSPS) is 11.3. The van der Waals surface area contributed by atoms with Crippen molar-refractivity contribution in [2.75, 3.05) is 7.11 Å². The lowest BCUT2D eigenvalue weighted by Gasteiger charge is -2.14. The van der Waals surface area contributed by atoms with Gasteiger partial charge in [0.15, 0.2) is 5.65 Å². The maximum atomic E-state index is 14.7. The van der Waals surface area contributed by atoms with E-state index in [1.165, 1.54) is 13.2 Å². The number of ether oxygens (including phenoxy) is 1. The molecule has 32 heavy (non-hydrogen) atoms. The molecule has 0 unspecified atom stereocenters. The SMILES string of the molecule is COc1ccc2c(n1)n1c(-c3ccccc3F)nc(C)c1c(=O)n2CCc1ccccc1. The van der Waals surface area contributed by atoms with Crippen LogP contribution in [0.3, 0.4) is 0 Å². The van der Waals surface area contributed by atoms with Crippen molar-refractivity contribution in [2.24, 2.45) is 0 Å². The third kappa shape index (κ3) is 3.22. The van der Waals surface area contributed by atoms with Crippen molar-refractivity contribution in [3.05, 3.63) is 94.2 Å². The van der Waals surface area contributed by atoms with Crippen molar-refractivity contribution in [2.45, 2.75) is 19.9 Å². The average molecular weight is 428 g/mol. The number of benzene rings is 2. The quantitative estimate of drug-likeness (QED) is 0.416. The molecule has 0 bridgehead atoms. The van der Waals surface area contributed by atoms with Crippen molar-refractivity contribution >= 4 is 16.7 Å². The van der Waals surface area contributed by atoms with Crippen LogP contribution in [-0.2, 0) is 13.0 Å². The van der Waals surface area contributed by atoms with E-state index >= 15 is 0 Å². The van der Waals surface area contributed by atoms with Gasteiger partial charge in [0.2, 0.25) is 5.88 Å². The van der Waals surface area contributed by atoms with E-state index in [2.05, 4.69) is 9.97 Å². The Morgan fingerprint density at radius 1 is 0.969 bits per heavy atom. The van der Waals surface area contributed by atoms with Crippen LogP contribution in [0.15, 0.2) is 71.5 Å². The van der Waals surface area contributed by atoms with Gasteiger partial charge in [-0.3, -0.25) is 9.20 Å². The molecule has 0 saturated carbocycles. The van der Waals surface area contributed by atoms with Crippen LogP contribution in [0, 0.1) is 12.7 Å². The number of aromatic nitrogens is 4. The molecule has 0 saturated heterocycles. The molecule has 7 heteroatoms. The number of halogens is 1. The Balaban J connectivity index is 1.81. The van der Waals surface area contributed by atoms with Crippen molar-refractivity contribution in [3.8, 4) is 17.3 Å². The van der Waals surface area contributed by atoms with Gasteiger partial charge in [0.05, 0.1) is 23.9 Å². The van der Waals surface area contributed by atoms with Crippen molar-refractivity contribution in [3.63, 3.8) is 0 Å². The highest BCUT2D eigenvalue weighted by Gasteiger charge is 2.21. The van der Waals surface area contributed by atoms with E-state index in [0.29, 0.717) is 52.6 Å². The van der Waals surface area contributed by atoms with Crippen molar-refractivity contribution in [1.29, 1.82) is 0 Å². The predicted molar refractivity (Wildman–Crippen MR) is 122 cm³/mol.